The van der Waals surface area contributed by atoms with Crippen molar-refractivity contribution in [2.45, 2.75) is 92.4 Å². The predicted octanol–water partition coefficient (Wildman–Crippen LogP) is 13.9. The van der Waals surface area contributed by atoms with Gasteiger partial charge in [-0.05, 0) is 140 Å². The molecule has 294 valence electrons. The highest BCUT2D eigenvalue weighted by molar-refractivity contribution is 7.26. The number of furan rings is 1. The van der Waals surface area contributed by atoms with Crippen molar-refractivity contribution in [3.05, 3.63) is 149 Å². The average Bonchev–Trinajstić information content (AvgIpc) is 3.79. The van der Waals surface area contributed by atoms with E-state index in [9.17, 15) is 0 Å². The average molecular weight is 789 g/mol. The van der Waals surface area contributed by atoms with E-state index in [-0.39, 0.29) is 23.0 Å². The Bertz CT molecular complexity index is 2960. The van der Waals surface area contributed by atoms with Gasteiger partial charge in [-0.3, -0.25) is 0 Å². The van der Waals surface area contributed by atoms with Crippen LogP contribution in [0.25, 0.3) is 32.2 Å². The van der Waals surface area contributed by atoms with Crippen molar-refractivity contribution in [2.24, 2.45) is 0 Å². The minimum absolute atomic E-state index is 0.00998. The number of benzene rings is 6. The van der Waals surface area contributed by atoms with Crippen LogP contribution in [0.3, 0.4) is 0 Å². The molecule has 3 nitrogen and oxygen atoms in total. The third-order valence-corrected chi connectivity index (χ3v) is 14.0. The van der Waals surface area contributed by atoms with Crippen molar-refractivity contribution in [1.82, 2.24) is 0 Å². The van der Waals surface area contributed by atoms with E-state index in [0.717, 1.165) is 16.5 Å². The number of aryl methyl sites for hydroxylation is 2. The number of thiophene rings is 1. The Balaban J connectivity index is 1.28. The molecule has 0 fully saturated rings. The summed E-state index contributed by atoms with van der Waals surface area (Å²) >= 11 is 1.94. The molecule has 4 heterocycles. The lowest BCUT2D eigenvalue weighted by molar-refractivity contribution is 0.590. The molecule has 2 aliphatic heterocycles. The Morgan fingerprint density at radius 1 is 0.542 bits per heavy atom. The summed E-state index contributed by atoms with van der Waals surface area (Å²) in [5.41, 5.74) is 20.1. The zero-order valence-electron chi connectivity index (χ0n) is 36.3. The van der Waals surface area contributed by atoms with Crippen LogP contribution in [0.1, 0.15) is 90.1 Å². The smallest absolute Gasteiger partial charge is 0.254 e. The highest BCUT2D eigenvalue weighted by Gasteiger charge is 2.46. The van der Waals surface area contributed by atoms with Crippen molar-refractivity contribution < 1.29 is 4.42 Å². The summed E-state index contributed by atoms with van der Waals surface area (Å²) in [6.45, 7) is 25.5. The lowest BCUT2D eigenvalue weighted by Gasteiger charge is -2.44. The van der Waals surface area contributed by atoms with E-state index in [0.29, 0.717) is 0 Å². The van der Waals surface area contributed by atoms with E-state index in [1.54, 1.807) is 0 Å². The number of fused-ring (bicyclic) bond motifs is 7. The molecule has 0 bridgehead atoms. The first kappa shape index (κ1) is 37.7. The molecule has 0 spiro atoms. The first-order valence-electron chi connectivity index (χ1n) is 21.1. The van der Waals surface area contributed by atoms with Crippen LogP contribution in [0.4, 0.5) is 33.4 Å². The zero-order chi connectivity index (χ0) is 41.3. The second-order valence-corrected chi connectivity index (χ2v) is 21.1. The third kappa shape index (κ3) is 5.91. The maximum absolute atomic E-state index is 6.05. The maximum atomic E-state index is 6.05. The lowest BCUT2D eigenvalue weighted by atomic mass is 9.33. The van der Waals surface area contributed by atoms with E-state index in [1.807, 2.05) is 23.7 Å². The maximum Gasteiger partial charge on any atom is 0.254 e. The molecule has 10 rings (SSSR count). The molecule has 0 atom stereocenters. The molecule has 0 saturated heterocycles. The number of hydrogen-bond acceptors (Lipinski definition) is 4. The van der Waals surface area contributed by atoms with Gasteiger partial charge in [0.05, 0.1) is 17.0 Å². The zero-order valence-corrected chi connectivity index (χ0v) is 37.2. The van der Waals surface area contributed by atoms with Gasteiger partial charge in [0.1, 0.15) is 5.58 Å². The summed E-state index contributed by atoms with van der Waals surface area (Å²) in [6, 6.07) is 43.9. The van der Waals surface area contributed by atoms with Crippen LogP contribution in [0.15, 0.2) is 126 Å². The van der Waals surface area contributed by atoms with Crippen LogP contribution in [-0.2, 0) is 16.2 Å². The molecule has 0 aliphatic carbocycles. The number of para-hydroxylation sites is 1. The fourth-order valence-corrected chi connectivity index (χ4v) is 10.9. The topological polar surface area (TPSA) is 19.6 Å². The standard InChI is InChI=1S/C54H53BN2OS/c1-32-27-34(41-31-58-46-18-13-12-15-39(41)46)28-33(2)50(32)57-45-17-14-16-44-49(45)55(48-40-29-36(53(6,7)8)22-26-47(40)59-51(48)57)42-30-37(54(9,10)11)21-25-43(42)56(44)38-23-19-35(20-24-38)52(3,4)5/h12-31H,1-11H3. The van der Waals surface area contributed by atoms with Gasteiger partial charge in [0.2, 0.25) is 0 Å². The van der Waals surface area contributed by atoms with Crippen LogP contribution >= 0.6 is 11.3 Å². The second kappa shape index (κ2) is 13.0. The minimum Gasteiger partial charge on any atom is -0.464 e. The van der Waals surface area contributed by atoms with E-state index >= 15 is 0 Å². The number of anilines is 6. The largest absolute Gasteiger partial charge is 0.464 e. The number of rotatable bonds is 3. The quantitative estimate of drug-likeness (QED) is 0.166. The Hall–Kier alpha value is -5.52. The molecule has 0 amide bonds. The molecule has 6 aromatic carbocycles. The van der Waals surface area contributed by atoms with Crippen molar-refractivity contribution in [3.63, 3.8) is 0 Å². The molecule has 0 radical (unpaired) electrons. The van der Waals surface area contributed by atoms with E-state index in [4.69, 9.17) is 4.42 Å². The third-order valence-electron chi connectivity index (χ3n) is 12.8. The van der Waals surface area contributed by atoms with E-state index in [1.165, 1.54) is 93.3 Å². The summed E-state index contributed by atoms with van der Waals surface area (Å²) in [6.07, 6.45) is 1.92. The summed E-state index contributed by atoms with van der Waals surface area (Å²) in [5.74, 6) is 0. The summed E-state index contributed by atoms with van der Waals surface area (Å²) in [5, 5.41) is 3.81. The van der Waals surface area contributed by atoms with Crippen molar-refractivity contribution >= 4 is 88.9 Å². The lowest BCUT2D eigenvalue weighted by Crippen LogP contribution is -2.61. The Morgan fingerprint density at radius 3 is 1.83 bits per heavy atom. The Kier molecular flexibility index (Phi) is 8.31. The van der Waals surface area contributed by atoms with Crippen molar-refractivity contribution in [2.75, 3.05) is 9.80 Å². The molecule has 0 N–H and O–H groups in total. The molecule has 0 unspecified atom stereocenters. The summed E-state index contributed by atoms with van der Waals surface area (Å²) in [7, 11) is 0. The van der Waals surface area contributed by atoms with Crippen molar-refractivity contribution in [3.8, 4) is 11.1 Å². The predicted molar refractivity (Wildman–Crippen MR) is 257 cm³/mol. The van der Waals surface area contributed by atoms with Crippen LogP contribution in [0.5, 0.6) is 0 Å². The molecule has 2 aliphatic rings. The highest BCUT2D eigenvalue weighted by atomic mass is 32.1. The minimum atomic E-state index is -0.00998. The first-order chi connectivity index (χ1) is 28.0. The molecule has 8 aromatic rings. The van der Waals surface area contributed by atoms with Gasteiger partial charge in [-0.15, -0.1) is 11.3 Å². The van der Waals surface area contributed by atoms with E-state index < -0.39 is 0 Å². The van der Waals surface area contributed by atoms with Crippen LogP contribution in [0.2, 0.25) is 0 Å². The molecule has 59 heavy (non-hydrogen) atoms. The fourth-order valence-electron chi connectivity index (χ4n) is 9.67. The monoisotopic (exact) mass is 788 g/mol. The van der Waals surface area contributed by atoms with Gasteiger partial charge in [-0.2, -0.15) is 0 Å². The van der Waals surface area contributed by atoms with E-state index in [2.05, 4.69) is 195 Å². The fraction of sp³-hybridized carbons (Fsp3) is 0.259. The first-order valence-corrected chi connectivity index (χ1v) is 21.9. The van der Waals surface area contributed by atoms with Gasteiger partial charge in [-0.1, -0.05) is 123 Å². The van der Waals surface area contributed by atoms with Crippen LogP contribution in [0, 0.1) is 13.8 Å². The summed E-state index contributed by atoms with van der Waals surface area (Å²) < 4.78 is 7.37. The summed E-state index contributed by atoms with van der Waals surface area (Å²) in [4.78, 5) is 5.15. The Morgan fingerprint density at radius 2 is 1.15 bits per heavy atom. The van der Waals surface area contributed by atoms with Gasteiger partial charge >= 0.3 is 0 Å². The van der Waals surface area contributed by atoms with Gasteiger partial charge < -0.3 is 14.2 Å². The molecule has 5 heteroatoms. The van der Waals surface area contributed by atoms with Gasteiger partial charge in [0, 0.05) is 38.4 Å². The normalized spacial score (nSPS) is 13.9. The van der Waals surface area contributed by atoms with Crippen LogP contribution < -0.4 is 26.2 Å². The van der Waals surface area contributed by atoms with Gasteiger partial charge in [0.15, 0.2) is 0 Å². The van der Waals surface area contributed by atoms with Gasteiger partial charge in [0.25, 0.3) is 6.71 Å². The Labute approximate surface area is 354 Å². The second-order valence-electron chi connectivity index (χ2n) is 20.0. The number of nitrogens with zero attached hydrogens (tertiary/aromatic N) is 2. The molecule has 0 saturated carbocycles. The molecular weight excluding hydrogens is 735 g/mol. The molecular formula is C54H53BN2OS. The highest BCUT2D eigenvalue weighted by Crippen LogP contribution is 2.50. The molecule has 2 aromatic heterocycles. The number of hydrogen-bond donors (Lipinski definition) is 0. The van der Waals surface area contributed by atoms with Crippen molar-refractivity contribution in [1.29, 1.82) is 0 Å². The van der Waals surface area contributed by atoms with Gasteiger partial charge in [-0.25, -0.2) is 0 Å². The van der Waals surface area contributed by atoms with Crippen LogP contribution in [-0.4, -0.2) is 6.71 Å². The SMILES string of the molecule is Cc1cc(-c2coc3ccccc23)cc(C)c1N1c2cccc3c2B(c2cc(C(C)(C)C)ccc2N3c2ccc(C(C)(C)C)cc2)c2c1sc1ccc(C(C)(C)C)cc21.